The van der Waals surface area contributed by atoms with Gasteiger partial charge >= 0.3 is 0 Å². The van der Waals surface area contributed by atoms with Gasteiger partial charge in [0, 0.05) is 55.5 Å². The van der Waals surface area contributed by atoms with Crippen molar-refractivity contribution in [2.24, 2.45) is 30.7 Å². The number of hydrogen-bond acceptors (Lipinski definition) is 24. The van der Waals surface area contributed by atoms with E-state index in [4.69, 9.17) is 15.0 Å². The van der Waals surface area contributed by atoms with Gasteiger partial charge in [-0.3, -0.25) is 13.7 Å². The van der Waals surface area contributed by atoms with Crippen LogP contribution < -0.4 is 14.7 Å². The van der Waals surface area contributed by atoms with Gasteiger partial charge in [-0.1, -0.05) is 115 Å². The van der Waals surface area contributed by atoms with Gasteiger partial charge in [0.15, 0.2) is 64.6 Å². The molecule has 0 fully saturated rings. The first-order valence-corrected chi connectivity index (χ1v) is 29.8. The second-order valence-corrected chi connectivity index (χ2v) is 25.1. The first kappa shape index (κ1) is 62.5. The molecule has 0 unspecified atom stereocenters. The van der Waals surface area contributed by atoms with Crippen LogP contribution in [0.5, 0.6) is 0 Å². The fourth-order valence-electron chi connectivity index (χ4n) is 8.97. The Balaban J connectivity index is 1.42. The maximum atomic E-state index is 10.7. The molecule has 6 heterocycles. The van der Waals surface area contributed by atoms with Crippen molar-refractivity contribution in [1.82, 2.24) is 43.6 Å². The monoisotopic (exact) mass is 1180 g/mol. The molecule has 0 N–H and O–H groups in total. The van der Waals surface area contributed by atoms with Crippen LogP contribution in [0.25, 0.3) is 0 Å². The second kappa shape index (κ2) is 26.0. The topological polar surface area (TPSA) is 319 Å². The van der Waals surface area contributed by atoms with E-state index in [1.807, 2.05) is 140 Å². The van der Waals surface area contributed by atoms with Crippen LogP contribution in [0.15, 0.2) is 48.9 Å². The predicted molar refractivity (Wildman–Crippen MR) is 324 cm³/mol. The predicted octanol–water partition coefficient (Wildman–Crippen LogP) is 13.7. The number of imidazole rings is 3. The maximum absolute atomic E-state index is 10.7. The van der Waals surface area contributed by atoms with Crippen molar-refractivity contribution in [3.05, 3.63) is 86.1 Å². The Morgan fingerprint density at radius 3 is 0.810 bits per heavy atom. The fourth-order valence-corrected chi connectivity index (χ4v) is 12.6. The number of benzene rings is 1. The Morgan fingerprint density at radius 2 is 0.619 bits per heavy atom. The first-order valence-electron chi connectivity index (χ1n) is 27.3. The Kier molecular flexibility index (Phi) is 19.3. The Labute approximate surface area is 501 Å². The van der Waals surface area contributed by atoms with E-state index in [-0.39, 0.29) is 71.6 Å². The smallest absolute Gasteiger partial charge is 0.252 e. The molecule has 0 saturated carbocycles. The average molecular weight is 1180 g/mol. The lowest BCUT2D eigenvalue weighted by molar-refractivity contribution is 0.572. The molecule has 27 heteroatoms. The fraction of sp³-hybridized carbons (Fsp3) is 0.474. The molecular weight excluding hydrogens is 1120 g/mol. The summed E-state index contributed by atoms with van der Waals surface area (Å²) in [6.45, 7) is 34.7. The van der Waals surface area contributed by atoms with Crippen LogP contribution in [0.2, 0.25) is 0 Å². The molecular formula is C57H66N24S3. The molecule has 0 aliphatic rings. The van der Waals surface area contributed by atoms with E-state index in [1.165, 1.54) is 47.7 Å². The van der Waals surface area contributed by atoms with Crippen molar-refractivity contribution in [2.75, 3.05) is 54.0 Å². The van der Waals surface area contributed by atoms with Gasteiger partial charge in [-0.25, -0.2) is 15.0 Å². The quantitative estimate of drug-likeness (QED) is 0.0604. The zero-order valence-corrected chi connectivity index (χ0v) is 52.5. The van der Waals surface area contributed by atoms with E-state index in [0.29, 0.717) is 31.7 Å². The summed E-state index contributed by atoms with van der Waals surface area (Å²) in [5, 5.41) is 94.9. The highest BCUT2D eigenvalue weighted by Gasteiger charge is 2.30. The summed E-state index contributed by atoms with van der Waals surface area (Å²) in [7, 11) is 0. The number of hydrogen-bond donors (Lipinski definition) is 0. The van der Waals surface area contributed by atoms with Crippen LogP contribution >= 0.6 is 34.0 Å². The van der Waals surface area contributed by atoms with Crippen LogP contribution in [0.1, 0.15) is 172 Å². The summed E-state index contributed by atoms with van der Waals surface area (Å²) in [6, 6.07) is 18.0. The Bertz CT molecular complexity index is 3500. The summed E-state index contributed by atoms with van der Waals surface area (Å²) in [5.74, 6) is -0.0782. The maximum Gasteiger partial charge on any atom is 0.252 e. The Morgan fingerprint density at radius 1 is 0.381 bits per heavy atom. The van der Waals surface area contributed by atoms with Gasteiger partial charge in [0.25, 0.3) is 17.8 Å². The zero-order valence-electron chi connectivity index (χ0n) is 50.1. The highest BCUT2D eigenvalue weighted by atomic mass is 32.1. The molecule has 0 aliphatic carbocycles. The lowest BCUT2D eigenvalue weighted by atomic mass is 9.93. The number of nitrogens with zero attached hydrogens (tertiary/aromatic N) is 24. The molecule has 0 amide bonds. The van der Waals surface area contributed by atoms with E-state index in [0.717, 1.165) is 71.7 Å². The molecule has 1 aromatic carbocycles. The van der Waals surface area contributed by atoms with E-state index < -0.39 is 16.2 Å². The van der Waals surface area contributed by atoms with Crippen molar-refractivity contribution in [3.8, 4) is 36.4 Å². The van der Waals surface area contributed by atoms with Crippen LogP contribution in [0.3, 0.4) is 0 Å². The SMILES string of the molecule is CCN(CC)c1nc(C(C)(C)C)c(/N=N/c2nc(C#N)c(C#N)n2Cc2cc(Cn3c(/N=N/c4sc(N(CC)CC)nc4C(C)(C)C)nc(C#N)c3C#N)cc(Cn3c(/N=N/c4sc(N(CC)CC)nc4C(C)(C)C)nc(C#N)c3C#N)c2)s1. The highest BCUT2D eigenvalue weighted by Crippen LogP contribution is 2.44. The summed E-state index contributed by atoms with van der Waals surface area (Å²) in [4.78, 5) is 34.8. The van der Waals surface area contributed by atoms with E-state index in [9.17, 15) is 31.6 Å². The third kappa shape index (κ3) is 13.4. The third-order valence-electron chi connectivity index (χ3n) is 13.3. The van der Waals surface area contributed by atoms with E-state index >= 15 is 0 Å². The van der Waals surface area contributed by atoms with Crippen molar-refractivity contribution >= 4 is 82.3 Å². The zero-order chi connectivity index (χ0) is 61.4. The van der Waals surface area contributed by atoms with Gasteiger partial charge in [-0.2, -0.15) is 46.5 Å². The van der Waals surface area contributed by atoms with Crippen molar-refractivity contribution in [2.45, 2.75) is 140 Å². The lowest BCUT2D eigenvalue weighted by Gasteiger charge is -2.18. The van der Waals surface area contributed by atoms with Crippen LogP contribution in [-0.2, 0) is 35.9 Å². The van der Waals surface area contributed by atoms with Gasteiger partial charge in [0.2, 0.25) is 0 Å². The molecule has 0 spiro atoms. The van der Waals surface area contributed by atoms with Gasteiger partial charge in [-0.15, -0.1) is 30.7 Å². The normalized spacial score (nSPS) is 12.0. The number of azo groups is 3. The minimum atomic E-state index is -0.416. The molecule has 0 saturated heterocycles. The molecule has 6 aromatic heterocycles. The highest BCUT2D eigenvalue weighted by molar-refractivity contribution is 7.20. The Hall–Kier alpha value is -9.12. The molecule has 24 nitrogen and oxygen atoms in total. The molecule has 0 atom stereocenters. The van der Waals surface area contributed by atoms with Gasteiger partial charge < -0.3 is 14.7 Å². The summed E-state index contributed by atoms with van der Waals surface area (Å²) in [6.07, 6.45) is 0. The second-order valence-electron chi connectivity index (χ2n) is 22.2. The molecule has 7 rings (SSSR count). The lowest BCUT2D eigenvalue weighted by Crippen LogP contribution is -2.22. The number of aromatic nitrogens is 9. The van der Waals surface area contributed by atoms with Crippen molar-refractivity contribution < 1.29 is 0 Å². The van der Waals surface area contributed by atoms with E-state index in [1.54, 1.807) is 0 Å². The van der Waals surface area contributed by atoms with Crippen LogP contribution in [0, 0.1) is 68.0 Å². The summed E-state index contributed by atoms with van der Waals surface area (Å²) >= 11 is 4.14. The third-order valence-corrected chi connectivity index (χ3v) is 16.3. The number of thiazole rings is 3. The largest absolute Gasteiger partial charge is 0.349 e. The minimum Gasteiger partial charge on any atom is -0.349 e. The molecule has 432 valence electrons. The summed E-state index contributed by atoms with van der Waals surface area (Å²) < 4.78 is 4.48. The molecule has 7 aromatic rings. The van der Waals surface area contributed by atoms with Gasteiger partial charge in [0.1, 0.15) is 36.4 Å². The summed E-state index contributed by atoms with van der Waals surface area (Å²) in [5.41, 5.74) is 1.83. The molecule has 0 aliphatic heterocycles. The van der Waals surface area contributed by atoms with Crippen molar-refractivity contribution in [1.29, 1.82) is 31.6 Å². The molecule has 0 radical (unpaired) electrons. The van der Waals surface area contributed by atoms with Gasteiger partial charge in [0.05, 0.1) is 36.7 Å². The number of rotatable bonds is 21. The first-order chi connectivity index (χ1) is 39.9. The average Bonchev–Trinajstić information content (AvgIpc) is 3.37. The van der Waals surface area contributed by atoms with Crippen LogP contribution in [-0.4, -0.2) is 82.9 Å². The molecule has 84 heavy (non-hydrogen) atoms. The number of nitriles is 6. The van der Waals surface area contributed by atoms with Crippen LogP contribution in [0.4, 0.5) is 48.2 Å². The van der Waals surface area contributed by atoms with Crippen molar-refractivity contribution in [3.63, 3.8) is 0 Å². The minimum absolute atomic E-state index is 0.0261. The van der Waals surface area contributed by atoms with Gasteiger partial charge in [-0.05, 0) is 58.2 Å². The standard InChI is InChI=1S/C57H66N24S3/c1-16-76(17-2)52-67-43(55(7,8)9)46(82-52)70-73-49-64-37(25-58)40(28-61)79(49)31-34-22-35(32-80-41(29-62)38(26-59)65-50(80)74-71-47-44(56(10,11)12)68-53(83-47)77(18-3)19-4)24-36(23-34)33-81-42(30-63)39(27-60)66-51(81)75-72-48-45(57(13,14)15)69-54(84-48)78(20-5)21-6/h22-24H,16-21,31-33H2,1-15H3/b73-70+,74-71+,75-72+. The number of anilines is 3. The molecule has 0 bridgehead atoms. The van der Waals surface area contributed by atoms with E-state index in [2.05, 4.69) is 78.5 Å².